The largest absolute Gasteiger partial charge is 0.254 e. The summed E-state index contributed by atoms with van der Waals surface area (Å²) >= 11 is 0. The van der Waals surface area contributed by atoms with Gasteiger partial charge in [-0.3, -0.25) is 4.98 Å². The van der Waals surface area contributed by atoms with Crippen molar-refractivity contribution in [2.75, 3.05) is 0 Å². The highest BCUT2D eigenvalue weighted by Crippen LogP contribution is 2.44. The molecule has 49 heavy (non-hydrogen) atoms. The van der Waals surface area contributed by atoms with Crippen LogP contribution in [0.4, 0.5) is 4.39 Å². The van der Waals surface area contributed by atoms with E-state index in [4.69, 9.17) is 9.97 Å². The first kappa shape index (κ1) is 27.6. The Kier molecular flexibility index (Phi) is 6.06. The van der Waals surface area contributed by atoms with Crippen LogP contribution in [-0.2, 0) is 0 Å². The van der Waals surface area contributed by atoms with Crippen molar-refractivity contribution in [1.29, 1.82) is 0 Å². The summed E-state index contributed by atoms with van der Waals surface area (Å²) in [6.45, 7) is 0. The second-order valence-corrected chi connectivity index (χ2v) is 12.5. The molecular weight excluding hydrogens is 602 g/mol. The van der Waals surface area contributed by atoms with E-state index in [1.807, 2.05) is 24.4 Å². The number of benzene rings is 7. The lowest BCUT2D eigenvalue weighted by molar-refractivity contribution is 0.628. The zero-order chi connectivity index (χ0) is 32.5. The Morgan fingerprint density at radius 1 is 0.388 bits per heavy atom. The average molecular weight is 628 g/mol. The average Bonchev–Trinajstić information content (AvgIpc) is 3.17. The van der Waals surface area contributed by atoms with Gasteiger partial charge in [-0.25, -0.2) is 14.4 Å². The van der Waals surface area contributed by atoms with E-state index in [0.717, 1.165) is 82.5 Å². The summed E-state index contributed by atoms with van der Waals surface area (Å²) in [7, 11) is 0. The smallest absolute Gasteiger partial charge is 0.123 e. The van der Waals surface area contributed by atoms with Crippen molar-refractivity contribution in [3.63, 3.8) is 0 Å². The molecule has 228 valence electrons. The molecule has 4 heteroatoms. The lowest BCUT2D eigenvalue weighted by Crippen LogP contribution is -1.95. The number of rotatable bonds is 3. The summed E-state index contributed by atoms with van der Waals surface area (Å²) in [5, 5.41) is 10.1. The van der Waals surface area contributed by atoms with Gasteiger partial charge < -0.3 is 0 Å². The maximum atomic E-state index is 14.2. The fraction of sp³-hybridized carbons (Fsp3) is 0. The first-order chi connectivity index (χ1) is 24.2. The molecule has 7 aromatic carbocycles. The van der Waals surface area contributed by atoms with Crippen molar-refractivity contribution in [3.05, 3.63) is 164 Å². The number of hydrogen-bond donors (Lipinski definition) is 0. The minimum atomic E-state index is -0.268. The fourth-order valence-electron chi connectivity index (χ4n) is 7.46. The molecule has 0 N–H and O–H groups in total. The quantitative estimate of drug-likeness (QED) is 0.183. The molecule has 0 unspecified atom stereocenters. The van der Waals surface area contributed by atoms with Crippen LogP contribution in [0.25, 0.3) is 98.7 Å². The van der Waals surface area contributed by atoms with Crippen LogP contribution in [-0.4, -0.2) is 15.0 Å². The normalized spacial score (nSPS) is 11.8. The molecule has 0 aliphatic carbocycles. The highest BCUT2D eigenvalue weighted by atomic mass is 19.1. The zero-order valence-electron chi connectivity index (χ0n) is 26.2. The van der Waals surface area contributed by atoms with Crippen molar-refractivity contribution >= 4 is 65.0 Å². The van der Waals surface area contributed by atoms with Crippen molar-refractivity contribution < 1.29 is 4.39 Å². The number of hydrogen-bond acceptors (Lipinski definition) is 3. The molecule has 0 spiro atoms. The number of nitrogens with zero attached hydrogens (tertiary/aromatic N) is 3. The van der Waals surface area contributed by atoms with Gasteiger partial charge in [0.05, 0.1) is 27.9 Å². The van der Waals surface area contributed by atoms with Gasteiger partial charge in [0.2, 0.25) is 0 Å². The number of para-hydroxylation sites is 1. The van der Waals surface area contributed by atoms with Gasteiger partial charge in [-0.05, 0) is 63.5 Å². The van der Waals surface area contributed by atoms with Crippen LogP contribution in [0, 0.1) is 5.82 Å². The van der Waals surface area contributed by atoms with Gasteiger partial charge in [0.1, 0.15) is 5.82 Å². The second kappa shape index (κ2) is 10.8. The van der Waals surface area contributed by atoms with E-state index < -0.39 is 0 Å². The van der Waals surface area contributed by atoms with E-state index in [1.54, 1.807) is 0 Å². The summed E-state index contributed by atoms with van der Waals surface area (Å²) in [6, 6.07) is 51.2. The van der Waals surface area contributed by atoms with Gasteiger partial charge >= 0.3 is 0 Å². The molecule has 10 rings (SSSR count). The first-order valence-corrected chi connectivity index (χ1v) is 16.4. The number of aromatic nitrogens is 3. The molecule has 0 aliphatic rings. The number of pyridine rings is 3. The maximum Gasteiger partial charge on any atom is 0.123 e. The van der Waals surface area contributed by atoms with Crippen molar-refractivity contribution in [3.8, 4) is 33.6 Å². The third kappa shape index (κ3) is 4.31. The highest BCUT2D eigenvalue weighted by Gasteiger charge is 2.19. The summed E-state index contributed by atoms with van der Waals surface area (Å²) < 4.78 is 14.2. The molecule has 10 aromatic rings. The monoisotopic (exact) mass is 627 g/mol. The van der Waals surface area contributed by atoms with Gasteiger partial charge in [0.15, 0.2) is 0 Å². The van der Waals surface area contributed by atoms with Crippen LogP contribution in [0.2, 0.25) is 0 Å². The van der Waals surface area contributed by atoms with E-state index in [-0.39, 0.29) is 5.82 Å². The van der Waals surface area contributed by atoms with Gasteiger partial charge in [0.25, 0.3) is 0 Å². The fourth-order valence-corrected chi connectivity index (χ4v) is 7.46. The predicted molar refractivity (Wildman–Crippen MR) is 201 cm³/mol. The Hall–Kier alpha value is -6.52. The Balaban J connectivity index is 1.21. The third-order valence-electron chi connectivity index (χ3n) is 9.74. The van der Waals surface area contributed by atoms with Gasteiger partial charge in [-0.1, -0.05) is 115 Å². The van der Waals surface area contributed by atoms with Crippen molar-refractivity contribution in [2.24, 2.45) is 0 Å². The molecule has 3 aromatic heterocycles. The van der Waals surface area contributed by atoms with E-state index >= 15 is 0 Å². The number of fused-ring (bicyclic) bond motifs is 11. The van der Waals surface area contributed by atoms with Gasteiger partial charge in [-0.2, -0.15) is 0 Å². The van der Waals surface area contributed by atoms with E-state index in [2.05, 4.69) is 126 Å². The summed E-state index contributed by atoms with van der Waals surface area (Å²) in [5.74, 6) is -0.268. The minimum absolute atomic E-state index is 0.268. The predicted octanol–water partition coefficient (Wildman–Crippen LogP) is 11.9. The molecule has 0 amide bonds. The van der Waals surface area contributed by atoms with Crippen molar-refractivity contribution in [2.45, 2.75) is 0 Å². The molecule has 0 bridgehead atoms. The van der Waals surface area contributed by atoms with Gasteiger partial charge in [0, 0.05) is 49.8 Å². The molecule has 3 nitrogen and oxygen atoms in total. The van der Waals surface area contributed by atoms with Crippen LogP contribution in [0.3, 0.4) is 0 Å². The van der Waals surface area contributed by atoms with E-state index in [1.165, 1.54) is 28.3 Å². The van der Waals surface area contributed by atoms with Crippen LogP contribution in [0.15, 0.2) is 158 Å². The van der Waals surface area contributed by atoms with Crippen molar-refractivity contribution in [1.82, 2.24) is 15.0 Å². The Labute approximate surface area is 281 Å². The molecule has 0 atom stereocenters. The summed E-state index contributed by atoms with van der Waals surface area (Å²) in [5.41, 5.74) is 8.46. The summed E-state index contributed by atoms with van der Waals surface area (Å²) in [6.07, 6.45) is 1.82. The summed E-state index contributed by atoms with van der Waals surface area (Å²) in [4.78, 5) is 15.1. The van der Waals surface area contributed by atoms with E-state index in [9.17, 15) is 4.39 Å². The van der Waals surface area contributed by atoms with Crippen LogP contribution < -0.4 is 0 Å². The lowest BCUT2D eigenvalue weighted by atomic mass is 9.88. The highest BCUT2D eigenvalue weighted by molar-refractivity contribution is 6.34. The Morgan fingerprint density at radius 2 is 1.00 bits per heavy atom. The van der Waals surface area contributed by atoms with Crippen LogP contribution >= 0.6 is 0 Å². The standard InChI is InChI=1S/C45H26FN3/c46-32-23-20-30(21-24-32)42-41-37-11-4-2-9-35(37)34-8-1-3-10-36(34)40(41)38-13-5-12-33(45(38)49-42)27-14-16-28(17-15-27)39-25-22-31-19-18-29-7-6-26-47-43(29)44(31)48-39/h1-26H. The van der Waals surface area contributed by atoms with E-state index in [0.29, 0.717) is 0 Å². The molecule has 0 fully saturated rings. The second-order valence-electron chi connectivity index (χ2n) is 12.5. The third-order valence-corrected chi connectivity index (χ3v) is 9.74. The Bertz CT molecular complexity index is 2930. The molecule has 3 heterocycles. The lowest BCUT2D eigenvalue weighted by Gasteiger charge is -2.18. The molecular formula is C45H26FN3. The topological polar surface area (TPSA) is 38.7 Å². The maximum absolute atomic E-state index is 14.2. The molecule has 0 radical (unpaired) electrons. The Morgan fingerprint density at radius 3 is 1.76 bits per heavy atom. The molecule has 0 saturated heterocycles. The SMILES string of the molecule is Fc1ccc(-c2nc3c(-c4ccc(-c5ccc6ccc7cccnc7c6n5)cc4)cccc3c3c4ccccc4c4ccccc4c23)cc1. The zero-order valence-corrected chi connectivity index (χ0v) is 26.2. The molecule has 0 saturated carbocycles. The first-order valence-electron chi connectivity index (χ1n) is 16.4. The number of halogens is 1. The van der Waals surface area contributed by atoms with Crippen LogP contribution in [0.5, 0.6) is 0 Å². The van der Waals surface area contributed by atoms with Crippen LogP contribution in [0.1, 0.15) is 0 Å². The van der Waals surface area contributed by atoms with Gasteiger partial charge in [-0.15, -0.1) is 0 Å². The minimum Gasteiger partial charge on any atom is -0.254 e. The molecule has 0 aliphatic heterocycles.